The van der Waals surface area contributed by atoms with Crippen molar-refractivity contribution < 1.29 is 22.7 Å². The molecule has 1 aliphatic rings. The zero-order chi connectivity index (χ0) is 15.5. The van der Waals surface area contributed by atoms with E-state index in [1.165, 1.54) is 12.1 Å². The lowest BCUT2D eigenvalue weighted by Gasteiger charge is -2.12. The van der Waals surface area contributed by atoms with Crippen molar-refractivity contribution in [3.63, 3.8) is 0 Å². The number of nitrogens with one attached hydrogen (secondary N) is 1. The Labute approximate surface area is 129 Å². The summed E-state index contributed by atoms with van der Waals surface area (Å²) in [6, 6.07) is 4.90. The van der Waals surface area contributed by atoms with Gasteiger partial charge in [-0.25, -0.2) is 0 Å². The topological polar surface area (TPSA) is 38.3 Å². The molecule has 0 heterocycles. The lowest BCUT2D eigenvalue weighted by atomic mass is 10.1. The minimum absolute atomic E-state index is 0.286. The number of hydrogen-bond acceptors (Lipinski definition) is 2. The smallest absolute Gasteiger partial charge is 0.406 e. The highest BCUT2D eigenvalue weighted by Crippen LogP contribution is 2.30. The molecule has 7 heteroatoms. The number of amides is 1. The third-order valence-corrected chi connectivity index (χ3v) is 4.21. The van der Waals surface area contributed by atoms with Crippen molar-refractivity contribution in [1.82, 2.24) is 5.32 Å². The molecule has 0 aliphatic heterocycles. The summed E-state index contributed by atoms with van der Waals surface area (Å²) in [6.45, 7) is 0.585. The van der Waals surface area contributed by atoms with Crippen LogP contribution >= 0.6 is 15.9 Å². The van der Waals surface area contributed by atoms with Gasteiger partial charge in [-0.15, -0.1) is 13.2 Å². The predicted octanol–water partition coefficient (Wildman–Crippen LogP) is 3.88. The van der Waals surface area contributed by atoms with Gasteiger partial charge in [0.25, 0.3) is 5.91 Å². The molecule has 3 nitrogen and oxygen atoms in total. The maximum atomic E-state index is 12.0. The van der Waals surface area contributed by atoms with Crippen molar-refractivity contribution in [3.8, 4) is 5.75 Å². The molecule has 1 aromatic rings. The van der Waals surface area contributed by atoms with Gasteiger partial charge in [0.2, 0.25) is 0 Å². The van der Waals surface area contributed by atoms with E-state index in [9.17, 15) is 18.0 Å². The normalized spacial score (nSPS) is 22.1. The van der Waals surface area contributed by atoms with Crippen molar-refractivity contribution in [1.29, 1.82) is 0 Å². The largest absolute Gasteiger partial charge is 0.573 e. The van der Waals surface area contributed by atoms with Gasteiger partial charge in [0, 0.05) is 16.9 Å². The van der Waals surface area contributed by atoms with E-state index in [1.54, 1.807) is 0 Å². The molecule has 0 bridgehead atoms. The van der Waals surface area contributed by atoms with Crippen LogP contribution in [0.4, 0.5) is 13.2 Å². The van der Waals surface area contributed by atoms with Crippen LogP contribution in [-0.2, 0) is 0 Å². The molecule has 1 N–H and O–H groups in total. The Kier molecular flexibility index (Phi) is 5.13. The van der Waals surface area contributed by atoms with Crippen molar-refractivity contribution in [2.45, 2.75) is 30.5 Å². The average molecular weight is 366 g/mol. The van der Waals surface area contributed by atoms with Gasteiger partial charge in [-0.2, -0.15) is 0 Å². The SMILES string of the molecule is O=C(NCC1CCC(Br)C1)c1ccc(OC(F)(F)F)cc1. The summed E-state index contributed by atoms with van der Waals surface area (Å²) in [5, 5.41) is 2.81. The molecule has 0 aromatic heterocycles. The second kappa shape index (κ2) is 6.68. The van der Waals surface area contributed by atoms with Crippen LogP contribution in [0, 0.1) is 5.92 Å². The highest BCUT2D eigenvalue weighted by atomic mass is 79.9. The number of ether oxygens (including phenoxy) is 1. The van der Waals surface area contributed by atoms with Gasteiger partial charge in [-0.05, 0) is 49.4 Å². The Hall–Kier alpha value is -1.24. The molecule has 0 radical (unpaired) electrons. The molecule has 1 fully saturated rings. The number of rotatable bonds is 4. The van der Waals surface area contributed by atoms with Crippen LogP contribution < -0.4 is 10.1 Å². The second-order valence-corrected chi connectivity index (χ2v) is 6.35. The second-order valence-electron chi connectivity index (χ2n) is 5.06. The molecule has 1 amide bonds. The van der Waals surface area contributed by atoms with Gasteiger partial charge in [-0.3, -0.25) is 4.79 Å². The number of carbonyl (C=O) groups is 1. The lowest BCUT2D eigenvalue weighted by Crippen LogP contribution is -2.28. The van der Waals surface area contributed by atoms with E-state index in [2.05, 4.69) is 26.0 Å². The van der Waals surface area contributed by atoms with Crippen LogP contribution in [-0.4, -0.2) is 23.6 Å². The van der Waals surface area contributed by atoms with Crippen LogP contribution in [0.5, 0.6) is 5.75 Å². The molecule has 21 heavy (non-hydrogen) atoms. The van der Waals surface area contributed by atoms with Gasteiger partial charge in [0.1, 0.15) is 5.75 Å². The molecule has 0 spiro atoms. The van der Waals surface area contributed by atoms with E-state index in [-0.39, 0.29) is 11.7 Å². The van der Waals surface area contributed by atoms with E-state index < -0.39 is 6.36 Å². The van der Waals surface area contributed by atoms with Crippen molar-refractivity contribution in [3.05, 3.63) is 29.8 Å². The summed E-state index contributed by atoms with van der Waals surface area (Å²) >= 11 is 3.54. The van der Waals surface area contributed by atoms with Crippen LogP contribution in [0.25, 0.3) is 0 Å². The number of carbonyl (C=O) groups excluding carboxylic acids is 1. The fourth-order valence-corrected chi connectivity index (χ4v) is 3.14. The molecule has 2 rings (SSSR count). The molecular formula is C14H15BrF3NO2. The number of halogens is 4. The van der Waals surface area contributed by atoms with Gasteiger partial charge < -0.3 is 10.1 Å². The zero-order valence-corrected chi connectivity index (χ0v) is 12.7. The monoisotopic (exact) mass is 365 g/mol. The molecular weight excluding hydrogens is 351 g/mol. The summed E-state index contributed by atoms with van der Waals surface area (Å²) in [4.78, 5) is 12.4. The maximum Gasteiger partial charge on any atom is 0.573 e. The Morgan fingerprint density at radius 1 is 1.29 bits per heavy atom. The molecule has 116 valence electrons. The van der Waals surface area contributed by atoms with Crippen LogP contribution in [0.3, 0.4) is 0 Å². The first-order valence-corrected chi connectivity index (χ1v) is 7.53. The number of alkyl halides is 4. The van der Waals surface area contributed by atoms with E-state index in [0.29, 0.717) is 22.9 Å². The zero-order valence-electron chi connectivity index (χ0n) is 11.1. The van der Waals surface area contributed by atoms with Crippen molar-refractivity contribution in [2.75, 3.05) is 6.54 Å². The van der Waals surface area contributed by atoms with Gasteiger partial charge in [0.05, 0.1) is 0 Å². The Balaban J connectivity index is 1.85. The highest BCUT2D eigenvalue weighted by Gasteiger charge is 2.31. The predicted molar refractivity (Wildman–Crippen MR) is 75.5 cm³/mol. The molecule has 2 atom stereocenters. The standard InChI is InChI=1S/C14H15BrF3NO2/c15-11-4-1-9(7-11)8-19-13(20)10-2-5-12(6-3-10)21-14(16,17)18/h2-3,5-6,9,11H,1,4,7-8H2,(H,19,20). The van der Waals surface area contributed by atoms with Crippen molar-refractivity contribution >= 4 is 21.8 Å². The lowest BCUT2D eigenvalue weighted by molar-refractivity contribution is -0.274. The summed E-state index contributed by atoms with van der Waals surface area (Å²) in [5.41, 5.74) is 0.318. The van der Waals surface area contributed by atoms with E-state index in [0.717, 1.165) is 31.4 Å². The van der Waals surface area contributed by atoms with E-state index in [1.807, 2.05) is 0 Å². The summed E-state index contributed by atoms with van der Waals surface area (Å²) in [5.74, 6) is -0.172. The van der Waals surface area contributed by atoms with Crippen LogP contribution in [0.2, 0.25) is 0 Å². The van der Waals surface area contributed by atoms with Gasteiger partial charge in [0.15, 0.2) is 0 Å². The maximum absolute atomic E-state index is 12.0. The molecule has 1 saturated carbocycles. The minimum atomic E-state index is -4.72. The van der Waals surface area contributed by atoms with Crippen molar-refractivity contribution in [2.24, 2.45) is 5.92 Å². The first-order chi connectivity index (χ1) is 9.83. The average Bonchev–Trinajstić information content (AvgIpc) is 2.81. The molecule has 1 aromatic carbocycles. The van der Waals surface area contributed by atoms with Crippen LogP contribution in [0.1, 0.15) is 29.6 Å². The van der Waals surface area contributed by atoms with Gasteiger partial charge in [-0.1, -0.05) is 15.9 Å². The molecule has 1 aliphatic carbocycles. The fourth-order valence-electron chi connectivity index (χ4n) is 2.35. The first kappa shape index (κ1) is 16.1. The summed E-state index contributed by atoms with van der Waals surface area (Å²) < 4.78 is 39.8. The fraction of sp³-hybridized carbons (Fsp3) is 0.500. The number of benzene rings is 1. The van der Waals surface area contributed by atoms with E-state index >= 15 is 0 Å². The highest BCUT2D eigenvalue weighted by molar-refractivity contribution is 9.09. The Bertz CT molecular complexity index is 490. The van der Waals surface area contributed by atoms with E-state index in [4.69, 9.17) is 0 Å². The van der Waals surface area contributed by atoms with Crippen LogP contribution in [0.15, 0.2) is 24.3 Å². The van der Waals surface area contributed by atoms with Gasteiger partial charge >= 0.3 is 6.36 Å². The third-order valence-electron chi connectivity index (χ3n) is 3.38. The summed E-state index contributed by atoms with van der Waals surface area (Å²) in [7, 11) is 0. The third kappa shape index (κ3) is 5.22. The summed E-state index contributed by atoms with van der Waals surface area (Å²) in [6.07, 6.45) is -1.53. The number of hydrogen-bond donors (Lipinski definition) is 1. The first-order valence-electron chi connectivity index (χ1n) is 6.61. The molecule has 2 unspecified atom stereocenters. The molecule has 0 saturated heterocycles. The quantitative estimate of drug-likeness (QED) is 0.822. The Morgan fingerprint density at radius 2 is 1.95 bits per heavy atom. The minimum Gasteiger partial charge on any atom is -0.406 e. The Morgan fingerprint density at radius 3 is 2.48 bits per heavy atom.